The highest BCUT2D eigenvalue weighted by Gasteiger charge is 2.20. The smallest absolute Gasteiger partial charge is 0.185 e. The number of nitrogens with zero attached hydrogens (tertiary/aromatic N) is 2. The van der Waals surface area contributed by atoms with Crippen LogP contribution in [0.1, 0.15) is 36.1 Å². The summed E-state index contributed by atoms with van der Waals surface area (Å²) in [6.45, 7) is 1.59. The molecular formula is C16H21N5OS2. The Morgan fingerprint density at radius 2 is 2.21 bits per heavy atom. The molecule has 3 N–H and O–H groups in total. The number of hydrogen-bond acceptors (Lipinski definition) is 6. The van der Waals surface area contributed by atoms with E-state index in [1.54, 1.807) is 17.7 Å². The molecule has 2 aromatic rings. The van der Waals surface area contributed by atoms with Crippen molar-refractivity contribution in [2.45, 2.75) is 44.6 Å². The lowest BCUT2D eigenvalue weighted by Crippen LogP contribution is -2.42. The second kappa shape index (κ2) is 7.16. The van der Waals surface area contributed by atoms with Crippen LogP contribution in [-0.4, -0.2) is 34.3 Å². The standard InChI is InChI=1S/C16H21N5OS2/c23-16(17-8-10-4-3-7-22-10)21-20-14-13-11-5-1-2-6-12(11)24-15(13)19-9-18-14/h9-10H,1-8H2,(H2,17,21,23)(H,18,19,20). The molecule has 0 spiro atoms. The first-order chi connectivity index (χ1) is 11.8. The number of thiocarbonyl (C=S) groups is 1. The lowest BCUT2D eigenvalue weighted by atomic mass is 9.97. The molecule has 3 heterocycles. The number of hydrogen-bond donors (Lipinski definition) is 3. The predicted molar refractivity (Wildman–Crippen MR) is 100 cm³/mol. The fourth-order valence-electron chi connectivity index (χ4n) is 3.36. The molecule has 8 heteroatoms. The molecule has 0 saturated carbocycles. The lowest BCUT2D eigenvalue weighted by molar-refractivity contribution is 0.114. The van der Waals surface area contributed by atoms with E-state index in [0.29, 0.717) is 5.11 Å². The summed E-state index contributed by atoms with van der Waals surface area (Å²) in [5.74, 6) is 0.806. The maximum absolute atomic E-state index is 5.59. The van der Waals surface area contributed by atoms with Crippen LogP contribution in [0.5, 0.6) is 0 Å². The van der Waals surface area contributed by atoms with Crippen LogP contribution in [0.4, 0.5) is 5.82 Å². The van der Waals surface area contributed by atoms with Crippen LogP contribution in [0.15, 0.2) is 6.33 Å². The van der Waals surface area contributed by atoms with Gasteiger partial charge in [0.2, 0.25) is 0 Å². The first-order valence-corrected chi connectivity index (χ1v) is 9.70. The van der Waals surface area contributed by atoms with Crippen molar-refractivity contribution in [2.24, 2.45) is 0 Å². The molecule has 6 nitrogen and oxygen atoms in total. The number of fused-ring (bicyclic) bond motifs is 3. The fraction of sp³-hybridized carbons (Fsp3) is 0.562. The topological polar surface area (TPSA) is 71.1 Å². The van der Waals surface area contributed by atoms with E-state index in [9.17, 15) is 0 Å². The van der Waals surface area contributed by atoms with Gasteiger partial charge >= 0.3 is 0 Å². The summed E-state index contributed by atoms with van der Waals surface area (Å²) in [6.07, 6.45) is 8.87. The third-order valence-corrected chi connectivity index (χ3v) is 6.01. The van der Waals surface area contributed by atoms with Crippen LogP contribution in [0.2, 0.25) is 0 Å². The van der Waals surface area contributed by atoms with Crippen LogP contribution in [0.25, 0.3) is 10.2 Å². The second-order valence-electron chi connectivity index (χ2n) is 6.21. The van der Waals surface area contributed by atoms with Gasteiger partial charge in [0.15, 0.2) is 10.9 Å². The monoisotopic (exact) mass is 363 g/mol. The third kappa shape index (κ3) is 3.31. The average Bonchev–Trinajstić information content (AvgIpc) is 3.25. The number of nitrogens with one attached hydrogen (secondary N) is 3. The van der Waals surface area contributed by atoms with Crippen LogP contribution < -0.4 is 16.2 Å². The molecule has 4 rings (SSSR count). The highest BCUT2D eigenvalue weighted by Crippen LogP contribution is 2.37. The van der Waals surface area contributed by atoms with Crippen LogP contribution >= 0.6 is 23.6 Å². The van der Waals surface area contributed by atoms with E-state index >= 15 is 0 Å². The molecule has 128 valence electrons. The number of anilines is 1. The molecule has 1 atom stereocenters. The molecule has 24 heavy (non-hydrogen) atoms. The largest absolute Gasteiger partial charge is 0.376 e. The molecule has 1 aliphatic heterocycles. The zero-order valence-electron chi connectivity index (χ0n) is 13.4. The van der Waals surface area contributed by atoms with E-state index in [2.05, 4.69) is 26.1 Å². The van der Waals surface area contributed by atoms with E-state index in [1.807, 2.05) is 0 Å². The Labute approximate surface area is 150 Å². The molecule has 0 radical (unpaired) electrons. The van der Waals surface area contributed by atoms with Gasteiger partial charge in [-0.2, -0.15) is 0 Å². The Bertz CT molecular complexity index is 741. The summed E-state index contributed by atoms with van der Waals surface area (Å²) in [5.41, 5.74) is 7.61. The summed E-state index contributed by atoms with van der Waals surface area (Å²) in [4.78, 5) is 11.4. The summed E-state index contributed by atoms with van der Waals surface area (Å²) < 4.78 is 5.59. The zero-order chi connectivity index (χ0) is 16.4. The van der Waals surface area contributed by atoms with Gasteiger partial charge in [-0.05, 0) is 56.3 Å². The molecule has 0 aromatic carbocycles. The Kier molecular flexibility index (Phi) is 4.77. The summed E-state index contributed by atoms with van der Waals surface area (Å²) in [6, 6.07) is 0. The molecule has 2 aromatic heterocycles. The third-order valence-electron chi connectivity index (χ3n) is 4.56. The van der Waals surface area contributed by atoms with Crippen molar-refractivity contribution in [3.05, 3.63) is 16.8 Å². The lowest BCUT2D eigenvalue weighted by Gasteiger charge is -2.16. The highest BCUT2D eigenvalue weighted by atomic mass is 32.1. The molecule has 1 fully saturated rings. The van der Waals surface area contributed by atoms with Gasteiger partial charge in [-0.1, -0.05) is 0 Å². The number of thiophene rings is 1. The number of hydrazine groups is 1. The van der Waals surface area contributed by atoms with Gasteiger partial charge in [0.25, 0.3) is 0 Å². The Morgan fingerprint density at radius 1 is 1.29 bits per heavy atom. The molecule has 1 aliphatic carbocycles. The van der Waals surface area contributed by atoms with Crippen LogP contribution in [0.3, 0.4) is 0 Å². The fourth-order valence-corrected chi connectivity index (χ4v) is 4.72. The number of rotatable bonds is 4. The minimum atomic E-state index is 0.263. The second-order valence-corrected chi connectivity index (χ2v) is 7.70. The first kappa shape index (κ1) is 16.0. The van der Waals surface area contributed by atoms with Gasteiger partial charge < -0.3 is 10.1 Å². The van der Waals surface area contributed by atoms with Gasteiger partial charge in [-0.15, -0.1) is 11.3 Å². The number of aryl methyl sites for hydroxylation is 2. The Hall–Kier alpha value is -1.51. The van der Waals surface area contributed by atoms with Gasteiger partial charge in [-0.25, -0.2) is 9.97 Å². The van der Waals surface area contributed by atoms with Gasteiger partial charge in [0.1, 0.15) is 11.2 Å². The maximum atomic E-state index is 5.59. The highest BCUT2D eigenvalue weighted by molar-refractivity contribution is 7.80. The van der Waals surface area contributed by atoms with Crippen LogP contribution in [0, 0.1) is 0 Å². The first-order valence-electron chi connectivity index (χ1n) is 8.48. The van der Waals surface area contributed by atoms with Crippen molar-refractivity contribution >= 4 is 44.7 Å². The van der Waals surface area contributed by atoms with E-state index in [1.165, 1.54) is 23.3 Å². The normalized spacial score (nSPS) is 19.9. The average molecular weight is 364 g/mol. The molecule has 1 saturated heterocycles. The van der Waals surface area contributed by atoms with Gasteiger partial charge in [0, 0.05) is 18.0 Å². The minimum Gasteiger partial charge on any atom is -0.376 e. The van der Waals surface area contributed by atoms with Crippen molar-refractivity contribution in [1.82, 2.24) is 20.7 Å². The van der Waals surface area contributed by atoms with Crippen molar-refractivity contribution in [1.29, 1.82) is 0 Å². The van der Waals surface area contributed by atoms with Gasteiger partial charge in [-0.3, -0.25) is 10.9 Å². The predicted octanol–water partition coefficient (Wildman–Crippen LogP) is 2.54. The number of ether oxygens (including phenoxy) is 1. The molecule has 0 amide bonds. The maximum Gasteiger partial charge on any atom is 0.185 e. The van der Waals surface area contributed by atoms with Crippen molar-refractivity contribution in [3.8, 4) is 0 Å². The van der Waals surface area contributed by atoms with E-state index < -0.39 is 0 Å². The molecule has 2 aliphatic rings. The molecule has 0 bridgehead atoms. The Balaban J connectivity index is 1.42. The zero-order valence-corrected chi connectivity index (χ0v) is 15.1. The quantitative estimate of drug-likeness (QED) is 0.569. The van der Waals surface area contributed by atoms with E-state index in [0.717, 1.165) is 54.9 Å². The summed E-state index contributed by atoms with van der Waals surface area (Å²) in [5, 5.41) is 4.89. The molecular weight excluding hydrogens is 342 g/mol. The SMILES string of the molecule is S=C(NCC1CCCO1)NNc1ncnc2sc3c(c12)CCCC3. The van der Waals surface area contributed by atoms with Crippen LogP contribution in [-0.2, 0) is 17.6 Å². The van der Waals surface area contributed by atoms with E-state index in [-0.39, 0.29) is 6.10 Å². The van der Waals surface area contributed by atoms with Gasteiger partial charge in [0.05, 0.1) is 11.5 Å². The summed E-state index contributed by atoms with van der Waals surface area (Å²) >= 11 is 7.12. The van der Waals surface area contributed by atoms with Crippen molar-refractivity contribution in [3.63, 3.8) is 0 Å². The Morgan fingerprint density at radius 3 is 3.08 bits per heavy atom. The summed E-state index contributed by atoms with van der Waals surface area (Å²) in [7, 11) is 0. The minimum absolute atomic E-state index is 0.263. The van der Waals surface area contributed by atoms with Crippen molar-refractivity contribution in [2.75, 3.05) is 18.6 Å². The molecule has 1 unspecified atom stereocenters. The van der Waals surface area contributed by atoms with E-state index in [4.69, 9.17) is 17.0 Å². The number of aromatic nitrogens is 2. The van der Waals surface area contributed by atoms with Crippen molar-refractivity contribution < 1.29 is 4.74 Å².